The highest BCUT2D eigenvalue weighted by Gasteiger charge is 2.14. The zero-order chi connectivity index (χ0) is 24.2. The fourth-order valence-electron chi connectivity index (χ4n) is 3.79. The maximum absolute atomic E-state index is 6.11. The van der Waals surface area contributed by atoms with Crippen molar-refractivity contribution >= 4 is 34.4 Å². The predicted molar refractivity (Wildman–Crippen MR) is 140 cm³/mol. The van der Waals surface area contributed by atoms with E-state index in [1.165, 1.54) is 0 Å². The second kappa shape index (κ2) is 9.87. The standard InChI is InChI=1S/C27H22ClN5O2/c1-34-25-11-8-18(14-26(25)35-2)27-19(17-33(32-27)21-6-4-3-5-7-21)16-30-31-23-12-13-29-24-15-20(28)9-10-22(23)24/h3-17H,1-2H3,(H,29,31)/b30-16+. The number of methoxy groups -OCH3 is 2. The number of ether oxygens (including phenoxy) is 2. The first-order valence-corrected chi connectivity index (χ1v) is 11.2. The monoisotopic (exact) mass is 483 g/mol. The van der Waals surface area contributed by atoms with E-state index in [1.54, 1.807) is 26.6 Å². The zero-order valence-corrected chi connectivity index (χ0v) is 19.9. The Balaban J connectivity index is 1.53. The third-order valence-electron chi connectivity index (χ3n) is 5.51. The van der Waals surface area contributed by atoms with E-state index in [4.69, 9.17) is 26.2 Å². The highest BCUT2D eigenvalue weighted by molar-refractivity contribution is 6.31. The number of fused-ring (bicyclic) bond motifs is 1. The third-order valence-corrected chi connectivity index (χ3v) is 5.75. The molecule has 0 saturated carbocycles. The topological polar surface area (TPSA) is 73.6 Å². The van der Waals surface area contributed by atoms with E-state index >= 15 is 0 Å². The van der Waals surface area contributed by atoms with E-state index in [2.05, 4.69) is 15.5 Å². The van der Waals surface area contributed by atoms with Crippen LogP contribution in [0.2, 0.25) is 5.02 Å². The van der Waals surface area contributed by atoms with Crippen molar-refractivity contribution < 1.29 is 9.47 Å². The van der Waals surface area contributed by atoms with E-state index in [9.17, 15) is 0 Å². The predicted octanol–water partition coefficient (Wildman–Crippen LogP) is 6.20. The summed E-state index contributed by atoms with van der Waals surface area (Å²) in [6, 6.07) is 23.1. The van der Waals surface area contributed by atoms with Crippen LogP contribution in [0.5, 0.6) is 11.5 Å². The molecule has 0 aliphatic carbocycles. The number of rotatable bonds is 7. The number of pyridine rings is 1. The first-order chi connectivity index (χ1) is 17.2. The molecule has 7 nitrogen and oxygen atoms in total. The zero-order valence-electron chi connectivity index (χ0n) is 19.1. The molecule has 0 unspecified atom stereocenters. The van der Waals surface area contributed by atoms with E-state index in [0.717, 1.165) is 39.1 Å². The Kier molecular flexibility index (Phi) is 6.32. The van der Waals surface area contributed by atoms with Crippen molar-refractivity contribution in [3.05, 3.63) is 95.8 Å². The lowest BCUT2D eigenvalue weighted by atomic mass is 10.1. The molecule has 0 saturated heterocycles. The number of benzene rings is 3. The fourth-order valence-corrected chi connectivity index (χ4v) is 3.96. The summed E-state index contributed by atoms with van der Waals surface area (Å²) in [4.78, 5) is 4.38. The van der Waals surface area contributed by atoms with Gasteiger partial charge >= 0.3 is 0 Å². The van der Waals surface area contributed by atoms with Gasteiger partial charge in [-0.2, -0.15) is 10.2 Å². The number of nitrogens with one attached hydrogen (secondary N) is 1. The first kappa shape index (κ1) is 22.4. The number of nitrogens with zero attached hydrogens (tertiary/aromatic N) is 4. The van der Waals surface area contributed by atoms with Crippen LogP contribution in [0.1, 0.15) is 5.56 Å². The van der Waals surface area contributed by atoms with Gasteiger partial charge in [-0.3, -0.25) is 10.4 Å². The van der Waals surface area contributed by atoms with Crippen LogP contribution < -0.4 is 14.9 Å². The highest BCUT2D eigenvalue weighted by Crippen LogP contribution is 2.33. The van der Waals surface area contributed by atoms with Crippen molar-refractivity contribution in [1.29, 1.82) is 0 Å². The molecular formula is C27H22ClN5O2. The largest absolute Gasteiger partial charge is 0.493 e. The van der Waals surface area contributed by atoms with E-state index in [0.29, 0.717) is 16.5 Å². The van der Waals surface area contributed by atoms with Gasteiger partial charge in [-0.15, -0.1) is 0 Å². The van der Waals surface area contributed by atoms with Crippen molar-refractivity contribution in [1.82, 2.24) is 14.8 Å². The molecule has 0 atom stereocenters. The molecule has 0 aliphatic heterocycles. The lowest BCUT2D eigenvalue weighted by Crippen LogP contribution is -1.95. The molecule has 2 heterocycles. The van der Waals surface area contributed by atoms with Crippen molar-refractivity contribution in [3.63, 3.8) is 0 Å². The second-order valence-corrected chi connectivity index (χ2v) is 8.11. The number of anilines is 1. The van der Waals surface area contributed by atoms with Crippen molar-refractivity contribution in [3.8, 4) is 28.4 Å². The third kappa shape index (κ3) is 4.67. The SMILES string of the molecule is COc1ccc(-c2nn(-c3ccccc3)cc2/C=N/Nc2ccnc3cc(Cl)ccc23)cc1OC. The Hall–Kier alpha value is -4.36. The van der Waals surface area contributed by atoms with E-state index < -0.39 is 0 Å². The Morgan fingerprint density at radius 2 is 1.77 bits per heavy atom. The minimum Gasteiger partial charge on any atom is -0.493 e. The molecule has 0 spiro atoms. The Bertz CT molecular complexity index is 1520. The maximum atomic E-state index is 6.11. The molecule has 0 amide bonds. The van der Waals surface area contributed by atoms with Gasteiger partial charge in [-0.05, 0) is 54.6 Å². The van der Waals surface area contributed by atoms with E-state index in [1.807, 2.05) is 83.7 Å². The van der Waals surface area contributed by atoms with Gasteiger partial charge in [0, 0.05) is 33.9 Å². The van der Waals surface area contributed by atoms with Crippen molar-refractivity contribution in [2.45, 2.75) is 0 Å². The summed E-state index contributed by atoms with van der Waals surface area (Å²) in [6.07, 6.45) is 5.41. The van der Waals surface area contributed by atoms with Crippen LogP contribution in [-0.2, 0) is 0 Å². The molecule has 5 aromatic rings. The number of para-hydroxylation sites is 1. The van der Waals surface area contributed by atoms with Crippen LogP contribution in [0.25, 0.3) is 27.8 Å². The number of aromatic nitrogens is 3. The lowest BCUT2D eigenvalue weighted by Gasteiger charge is -2.09. The minimum absolute atomic E-state index is 0.627. The van der Waals surface area contributed by atoms with Crippen LogP contribution in [0.4, 0.5) is 5.69 Å². The van der Waals surface area contributed by atoms with Gasteiger partial charge in [0.1, 0.15) is 5.69 Å². The average molecular weight is 484 g/mol. The molecule has 0 fully saturated rings. The van der Waals surface area contributed by atoms with Crippen molar-refractivity contribution in [2.75, 3.05) is 19.6 Å². The molecule has 5 rings (SSSR count). The summed E-state index contributed by atoms with van der Waals surface area (Å²) in [5, 5.41) is 10.9. The summed E-state index contributed by atoms with van der Waals surface area (Å²) in [7, 11) is 3.23. The smallest absolute Gasteiger partial charge is 0.161 e. The summed E-state index contributed by atoms with van der Waals surface area (Å²) in [5.74, 6) is 1.28. The number of hydrogen-bond acceptors (Lipinski definition) is 6. The Morgan fingerprint density at radius 1 is 0.943 bits per heavy atom. The summed E-state index contributed by atoms with van der Waals surface area (Å²) >= 11 is 6.11. The lowest BCUT2D eigenvalue weighted by molar-refractivity contribution is 0.355. The first-order valence-electron chi connectivity index (χ1n) is 10.9. The minimum atomic E-state index is 0.627. The highest BCUT2D eigenvalue weighted by atomic mass is 35.5. The molecule has 0 bridgehead atoms. The Labute approximate surface area is 207 Å². The number of hydrogen-bond donors (Lipinski definition) is 1. The molecule has 0 aliphatic rings. The van der Waals surface area contributed by atoms with Crippen molar-refractivity contribution in [2.24, 2.45) is 5.10 Å². The van der Waals surface area contributed by atoms with Crippen LogP contribution in [0, 0.1) is 0 Å². The second-order valence-electron chi connectivity index (χ2n) is 7.67. The number of hydrazone groups is 1. The number of halogens is 1. The van der Waals surface area contributed by atoms with Gasteiger partial charge in [0.2, 0.25) is 0 Å². The van der Waals surface area contributed by atoms with Gasteiger partial charge < -0.3 is 9.47 Å². The summed E-state index contributed by atoms with van der Waals surface area (Å²) in [5.41, 5.74) is 8.15. The average Bonchev–Trinajstić information content (AvgIpc) is 3.33. The van der Waals surface area contributed by atoms with Gasteiger partial charge in [0.15, 0.2) is 11.5 Å². The van der Waals surface area contributed by atoms with Crippen LogP contribution >= 0.6 is 11.6 Å². The van der Waals surface area contributed by atoms with Crippen LogP contribution in [0.15, 0.2) is 90.3 Å². The molecule has 1 N–H and O–H groups in total. The van der Waals surface area contributed by atoms with Crippen LogP contribution in [-0.4, -0.2) is 35.2 Å². The van der Waals surface area contributed by atoms with E-state index in [-0.39, 0.29) is 0 Å². The molecule has 8 heteroatoms. The quantitative estimate of drug-likeness (QED) is 0.220. The molecule has 0 radical (unpaired) electrons. The van der Waals surface area contributed by atoms with Crippen LogP contribution in [0.3, 0.4) is 0 Å². The van der Waals surface area contributed by atoms with Gasteiger partial charge in [-0.25, -0.2) is 4.68 Å². The molecule has 2 aromatic heterocycles. The molecule has 174 valence electrons. The van der Waals surface area contributed by atoms with Gasteiger partial charge in [0.05, 0.1) is 37.3 Å². The molecule has 3 aromatic carbocycles. The summed E-state index contributed by atoms with van der Waals surface area (Å²) < 4.78 is 12.7. The van der Waals surface area contributed by atoms with Gasteiger partial charge in [0.25, 0.3) is 0 Å². The normalized spacial score (nSPS) is 11.2. The summed E-state index contributed by atoms with van der Waals surface area (Å²) in [6.45, 7) is 0. The molecular weight excluding hydrogens is 462 g/mol. The Morgan fingerprint density at radius 3 is 2.57 bits per heavy atom. The van der Waals surface area contributed by atoms with Gasteiger partial charge in [-0.1, -0.05) is 29.8 Å². The molecule has 35 heavy (non-hydrogen) atoms. The fraction of sp³-hybridized carbons (Fsp3) is 0.0741. The maximum Gasteiger partial charge on any atom is 0.161 e.